The highest BCUT2D eigenvalue weighted by Gasteiger charge is 2.41. The molecule has 2 aliphatic rings. The average Bonchev–Trinajstić information content (AvgIpc) is 2.95. The van der Waals surface area contributed by atoms with Gasteiger partial charge in [0.2, 0.25) is 0 Å². The van der Waals surface area contributed by atoms with E-state index >= 15 is 0 Å². The van der Waals surface area contributed by atoms with Crippen molar-refractivity contribution in [1.29, 1.82) is 0 Å². The van der Waals surface area contributed by atoms with Crippen molar-refractivity contribution in [3.05, 3.63) is 0 Å². The molecule has 1 aliphatic carbocycles. The minimum atomic E-state index is 0.00410. The van der Waals surface area contributed by atoms with Crippen LogP contribution in [-0.4, -0.2) is 41.1 Å². The number of hydrogen-bond acceptors (Lipinski definition) is 2. The molecule has 0 spiro atoms. The van der Waals surface area contributed by atoms with Crippen molar-refractivity contribution in [2.45, 2.75) is 63.9 Å². The smallest absolute Gasteiger partial charge is 0.0583 e. The predicted octanol–water partition coefficient (Wildman–Crippen LogP) is 3.81. The summed E-state index contributed by atoms with van der Waals surface area (Å²) in [5.41, 5.74) is 0. The van der Waals surface area contributed by atoms with E-state index in [4.69, 9.17) is 0 Å². The number of aliphatic hydroxyl groups is 1. The average molecular weight is 332 g/mol. The number of alkyl halides is 1. The lowest BCUT2D eigenvalue weighted by atomic mass is 10.00. The standard InChI is InChI=1S/C16H30BrNO/c17-10-6-4-2-1-3-5-7-11-18-12-14-8-9-16(19)15(14)13-18/h14-16,19H,1-13H2. The van der Waals surface area contributed by atoms with E-state index in [0.29, 0.717) is 5.92 Å². The van der Waals surface area contributed by atoms with Gasteiger partial charge >= 0.3 is 0 Å². The van der Waals surface area contributed by atoms with Gasteiger partial charge in [0.1, 0.15) is 0 Å². The zero-order valence-corrected chi connectivity index (χ0v) is 13.8. The Morgan fingerprint density at radius 3 is 2.26 bits per heavy atom. The van der Waals surface area contributed by atoms with Crippen LogP contribution in [0.15, 0.2) is 0 Å². The van der Waals surface area contributed by atoms with E-state index in [1.165, 1.54) is 64.5 Å². The molecule has 2 fully saturated rings. The number of likely N-dealkylation sites (tertiary alicyclic amines) is 1. The molecule has 0 aromatic carbocycles. The third-order valence-electron chi connectivity index (χ3n) is 5.00. The van der Waals surface area contributed by atoms with E-state index in [1.54, 1.807) is 0 Å². The monoisotopic (exact) mass is 331 g/mol. The van der Waals surface area contributed by atoms with Crippen molar-refractivity contribution in [1.82, 2.24) is 4.90 Å². The van der Waals surface area contributed by atoms with Gasteiger partial charge in [0.05, 0.1) is 6.10 Å². The van der Waals surface area contributed by atoms with Crippen LogP contribution >= 0.6 is 15.9 Å². The van der Waals surface area contributed by atoms with Gasteiger partial charge in [-0.2, -0.15) is 0 Å². The molecule has 0 aromatic rings. The third kappa shape index (κ3) is 5.02. The second-order valence-corrected chi connectivity index (χ2v) is 7.29. The third-order valence-corrected chi connectivity index (χ3v) is 5.56. The summed E-state index contributed by atoms with van der Waals surface area (Å²) in [4.78, 5) is 2.60. The molecule has 1 saturated carbocycles. The molecule has 0 aromatic heterocycles. The summed E-state index contributed by atoms with van der Waals surface area (Å²) in [6.45, 7) is 3.69. The van der Waals surface area contributed by atoms with Crippen LogP contribution in [0.5, 0.6) is 0 Å². The molecule has 3 heteroatoms. The number of aliphatic hydroxyl groups excluding tert-OH is 1. The van der Waals surface area contributed by atoms with E-state index in [1.807, 2.05) is 0 Å². The summed E-state index contributed by atoms with van der Waals surface area (Å²) in [7, 11) is 0. The first kappa shape index (κ1) is 15.8. The summed E-state index contributed by atoms with van der Waals surface area (Å²) < 4.78 is 0. The zero-order valence-electron chi connectivity index (χ0n) is 12.2. The molecule has 0 amide bonds. The van der Waals surface area contributed by atoms with Crippen molar-refractivity contribution >= 4 is 15.9 Å². The van der Waals surface area contributed by atoms with Crippen molar-refractivity contribution in [3.8, 4) is 0 Å². The number of fused-ring (bicyclic) bond motifs is 1. The van der Waals surface area contributed by atoms with E-state index in [2.05, 4.69) is 20.8 Å². The fraction of sp³-hybridized carbons (Fsp3) is 1.00. The Hall–Kier alpha value is 0.400. The van der Waals surface area contributed by atoms with Crippen LogP contribution in [0.25, 0.3) is 0 Å². The van der Waals surface area contributed by atoms with Crippen molar-refractivity contribution in [2.24, 2.45) is 11.8 Å². The van der Waals surface area contributed by atoms with Gasteiger partial charge in [-0.15, -0.1) is 0 Å². The first-order valence-electron chi connectivity index (χ1n) is 8.27. The lowest BCUT2D eigenvalue weighted by Gasteiger charge is -2.17. The van der Waals surface area contributed by atoms with Gasteiger partial charge in [0.25, 0.3) is 0 Å². The summed E-state index contributed by atoms with van der Waals surface area (Å²) in [6, 6.07) is 0. The van der Waals surface area contributed by atoms with E-state index in [-0.39, 0.29) is 6.10 Å². The van der Waals surface area contributed by atoms with Crippen LogP contribution < -0.4 is 0 Å². The minimum absolute atomic E-state index is 0.00410. The molecule has 1 aliphatic heterocycles. The zero-order chi connectivity index (χ0) is 13.5. The normalized spacial score (nSPS) is 30.9. The maximum Gasteiger partial charge on any atom is 0.0583 e. The van der Waals surface area contributed by atoms with Gasteiger partial charge in [-0.3, -0.25) is 0 Å². The quantitative estimate of drug-likeness (QED) is 0.513. The molecule has 3 atom stereocenters. The highest BCUT2D eigenvalue weighted by Crippen LogP contribution is 2.38. The molecule has 3 unspecified atom stereocenters. The minimum Gasteiger partial charge on any atom is -0.393 e. The van der Waals surface area contributed by atoms with E-state index in [9.17, 15) is 5.11 Å². The molecular formula is C16H30BrNO. The van der Waals surface area contributed by atoms with E-state index in [0.717, 1.165) is 24.2 Å². The second-order valence-electron chi connectivity index (χ2n) is 6.49. The van der Waals surface area contributed by atoms with Crippen LogP contribution in [0.3, 0.4) is 0 Å². The van der Waals surface area contributed by atoms with Crippen LogP contribution in [-0.2, 0) is 0 Å². The Morgan fingerprint density at radius 2 is 1.58 bits per heavy atom. The summed E-state index contributed by atoms with van der Waals surface area (Å²) in [5.74, 6) is 1.41. The lowest BCUT2D eigenvalue weighted by Crippen LogP contribution is -2.25. The van der Waals surface area contributed by atoms with Crippen LogP contribution in [0.2, 0.25) is 0 Å². The summed E-state index contributed by atoms with van der Waals surface area (Å²) >= 11 is 3.48. The summed E-state index contributed by atoms with van der Waals surface area (Å²) in [6.07, 6.45) is 12.0. The molecule has 2 rings (SSSR count). The van der Waals surface area contributed by atoms with Gasteiger partial charge in [-0.1, -0.05) is 48.0 Å². The molecular weight excluding hydrogens is 302 g/mol. The lowest BCUT2D eigenvalue weighted by molar-refractivity contribution is 0.124. The number of nitrogens with zero attached hydrogens (tertiary/aromatic N) is 1. The number of rotatable bonds is 9. The highest BCUT2D eigenvalue weighted by atomic mass is 79.9. The Balaban J connectivity index is 1.44. The molecule has 2 nitrogen and oxygen atoms in total. The second kappa shape index (κ2) is 8.63. The molecule has 112 valence electrons. The molecule has 1 heterocycles. The largest absolute Gasteiger partial charge is 0.393 e. The van der Waals surface area contributed by atoms with Gasteiger partial charge in [0, 0.05) is 24.3 Å². The first-order valence-corrected chi connectivity index (χ1v) is 9.40. The summed E-state index contributed by atoms with van der Waals surface area (Å²) in [5, 5.41) is 11.1. The molecule has 1 saturated heterocycles. The fourth-order valence-corrected chi connectivity index (χ4v) is 4.22. The predicted molar refractivity (Wildman–Crippen MR) is 84.8 cm³/mol. The van der Waals surface area contributed by atoms with Gasteiger partial charge in [-0.25, -0.2) is 0 Å². The Kier molecular flexibility index (Phi) is 7.17. The molecule has 0 bridgehead atoms. The molecule has 1 N–H and O–H groups in total. The highest BCUT2D eigenvalue weighted by molar-refractivity contribution is 9.09. The Bertz CT molecular complexity index is 249. The first-order chi connectivity index (χ1) is 9.31. The van der Waals surface area contributed by atoms with Crippen molar-refractivity contribution in [2.75, 3.05) is 25.0 Å². The van der Waals surface area contributed by atoms with Crippen molar-refractivity contribution < 1.29 is 5.11 Å². The maximum atomic E-state index is 9.90. The topological polar surface area (TPSA) is 23.5 Å². The number of unbranched alkanes of at least 4 members (excludes halogenated alkanes) is 6. The Labute approximate surface area is 127 Å². The maximum absolute atomic E-state index is 9.90. The fourth-order valence-electron chi connectivity index (χ4n) is 3.83. The van der Waals surface area contributed by atoms with Crippen molar-refractivity contribution in [3.63, 3.8) is 0 Å². The number of halogens is 1. The van der Waals surface area contributed by atoms with Crippen LogP contribution in [0, 0.1) is 11.8 Å². The number of hydrogen-bond donors (Lipinski definition) is 1. The van der Waals surface area contributed by atoms with Gasteiger partial charge in [-0.05, 0) is 38.1 Å². The van der Waals surface area contributed by atoms with Gasteiger partial charge < -0.3 is 10.0 Å². The van der Waals surface area contributed by atoms with Gasteiger partial charge in [0.15, 0.2) is 0 Å². The molecule has 0 radical (unpaired) electrons. The van der Waals surface area contributed by atoms with Crippen LogP contribution in [0.1, 0.15) is 57.8 Å². The molecule has 19 heavy (non-hydrogen) atoms. The van der Waals surface area contributed by atoms with Crippen LogP contribution in [0.4, 0.5) is 0 Å². The SMILES string of the molecule is OC1CCC2CN(CCCCCCCCCBr)CC12. The Morgan fingerprint density at radius 1 is 0.895 bits per heavy atom. The van der Waals surface area contributed by atoms with E-state index < -0.39 is 0 Å².